The van der Waals surface area contributed by atoms with Gasteiger partial charge in [0.15, 0.2) is 5.78 Å². The number of imide groups is 1. The van der Waals surface area contributed by atoms with Crippen LogP contribution < -0.4 is 0 Å². The largest absolute Gasteiger partial charge is 0.292 e. The zero-order valence-corrected chi connectivity index (χ0v) is 17.7. The lowest BCUT2D eigenvalue weighted by Gasteiger charge is -2.30. The molecule has 4 rings (SSSR count). The molecule has 0 N–H and O–H groups in total. The zero-order valence-electron chi connectivity index (χ0n) is 17.0. The summed E-state index contributed by atoms with van der Waals surface area (Å²) in [4.78, 5) is 52.7. The summed E-state index contributed by atoms with van der Waals surface area (Å²) in [6, 6.07) is 14.8. The smallest absolute Gasteiger partial charge is 0.274 e. The van der Waals surface area contributed by atoms with E-state index in [2.05, 4.69) is 0 Å². The third-order valence-electron chi connectivity index (χ3n) is 5.77. The van der Waals surface area contributed by atoms with Crippen molar-refractivity contribution in [1.29, 1.82) is 0 Å². The molecule has 158 valence electrons. The van der Waals surface area contributed by atoms with Crippen LogP contribution in [-0.2, 0) is 9.59 Å². The van der Waals surface area contributed by atoms with Gasteiger partial charge in [-0.1, -0.05) is 65.7 Å². The van der Waals surface area contributed by atoms with Crippen LogP contribution in [0.15, 0.2) is 66.2 Å². The average Bonchev–Trinajstić information content (AvgIpc) is 3.02. The Hall–Kier alpha value is -3.25. The van der Waals surface area contributed by atoms with E-state index in [1.165, 1.54) is 6.07 Å². The topological polar surface area (TPSA) is 74.8 Å². The molecule has 0 radical (unpaired) electrons. The highest BCUT2D eigenvalue weighted by atomic mass is 35.5. The number of allylic oxidation sites excluding steroid dienone is 2. The fourth-order valence-electron chi connectivity index (χ4n) is 4.12. The Morgan fingerprint density at radius 3 is 2.35 bits per heavy atom. The van der Waals surface area contributed by atoms with Crippen LogP contribution in [0.5, 0.6) is 0 Å². The van der Waals surface area contributed by atoms with Crippen molar-refractivity contribution in [3.05, 3.63) is 82.4 Å². The molecule has 31 heavy (non-hydrogen) atoms. The summed E-state index contributed by atoms with van der Waals surface area (Å²) in [5.41, 5.74) is 1.54. The lowest BCUT2D eigenvalue weighted by Crippen LogP contribution is -2.52. The van der Waals surface area contributed by atoms with Crippen molar-refractivity contribution in [3.8, 4) is 0 Å². The minimum absolute atomic E-state index is 0.120. The lowest BCUT2D eigenvalue weighted by molar-refractivity contribution is -0.154. The van der Waals surface area contributed by atoms with Gasteiger partial charge in [0.1, 0.15) is 6.54 Å². The molecule has 2 aliphatic rings. The Bertz CT molecular complexity index is 1100. The van der Waals surface area contributed by atoms with Crippen molar-refractivity contribution < 1.29 is 19.2 Å². The molecular formula is C24H21ClN2O4. The van der Waals surface area contributed by atoms with Crippen LogP contribution >= 0.6 is 11.6 Å². The molecule has 1 aliphatic carbocycles. The van der Waals surface area contributed by atoms with Crippen LogP contribution in [0, 0.1) is 11.8 Å². The minimum Gasteiger partial charge on any atom is -0.292 e. The second kappa shape index (κ2) is 8.47. The van der Waals surface area contributed by atoms with Crippen molar-refractivity contribution in [3.63, 3.8) is 0 Å². The van der Waals surface area contributed by atoms with Gasteiger partial charge < -0.3 is 0 Å². The van der Waals surface area contributed by atoms with Gasteiger partial charge in [-0.2, -0.15) is 5.01 Å². The van der Waals surface area contributed by atoms with Crippen LogP contribution in [0.4, 0.5) is 0 Å². The first-order valence-corrected chi connectivity index (χ1v) is 10.4. The van der Waals surface area contributed by atoms with Crippen LogP contribution in [-0.4, -0.2) is 40.1 Å². The summed E-state index contributed by atoms with van der Waals surface area (Å²) >= 11 is 6.21. The molecule has 1 saturated heterocycles. The van der Waals surface area contributed by atoms with Gasteiger partial charge in [0.25, 0.3) is 17.7 Å². The average molecular weight is 437 g/mol. The van der Waals surface area contributed by atoms with E-state index in [-0.39, 0.29) is 16.4 Å². The fraction of sp³-hybridized carbons (Fsp3) is 0.250. The molecule has 2 aromatic rings. The summed E-state index contributed by atoms with van der Waals surface area (Å²) in [5, 5.41) is 2.00. The zero-order chi connectivity index (χ0) is 22.1. The van der Waals surface area contributed by atoms with E-state index in [0.717, 1.165) is 15.6 Å². The first-order valence-electron chi connectivity index (χ1n) is 10.1. The van der Waals surface area contributed by atoms with Crippen LogP contribution in [0.25, 0.3) is 0 Å². The minimum atomic E-state index is -0.667. The summed E-state index contributed by atoms with van der Waals surface area (Å²) < 4.78 is 0. The van der Waals surface area contributed by atoms with Crippen molar-refractivity contribution in [2.75, 3.05) is 6.54 Å². The number of rotatable bonds is 5. The highest BCUT2D eigenvalue weighted by molar-refractivity contribution is 6.34. The number of amides is 3. The number of fused-ring (bicyclic) bond motifs is 1. The number of benzene rings is 2. The molecule has 3 amide bonds. The third kappa shape index (κ3) is 3.91. The molecule has 7 heteroatoms. The SMILES string of the molecule is CC1=CC[C@H]2C(=O)N(N(CC(=O)c3ccccc3)C(=O)c3ccccc3Cl)C(=O)[C@@H]2C1. The van der Waals surface area contributed by atoms with Crippen molar-refractivity contribution in [2.45, 2.75) is 19.8 Å². The van der Waals surface area contributed by atoms with Gasteiger partial charge in [-0.3, -0.25) is 19.2 Å². The van der Waals surface area contributed by atoms with E-state index in [9.17, 15) is 19.2 Å². The Balaban J connectivity index is 1.71. The van der Waals surface area contributed by atoms with Crippen molar-refractivity contribution in [1.82, 2.24) is 10.0 Å². The normalized spacial score (nSPS) is 20.3. The summed E-state index contributed by atoms with van der Waals surface area (Å²) in [6.07, 6.45) is 2.86. The molecule has 0 spiro atoms. The second-order valence-electron chi connectivity index (χ2n) is 7.82. The van der Waals surface area contributed by atoms with Gasteiger partial charge in [-0.25, -0.2) is 5.01 Å². The number of ketones is 1. The number of hydrazine groups is 1. The Morgan fingerprint density at radius 2 is 1.65 bits per heavy atom. The van der Waals surface area contributed by atoms with Crippen molar-refractivity contribution in [2.24, 2.45) is 11.8 Å². The predicted octanol–water partition coefficient (Wildman–Crippen LogP) is 3.92. The first-order chi connectivity index (χ1) is 14.9. The number of Topliss-reactive ketones (excluding diaryl/α,β-unsaturated/α-hetero) is 1. The quantitative estimate of drug-likeness (QED) is 0.404. The van der Waals surface area contributed by atoms with Gasteiger partial charge in [-0.15, -0.1) is 0 Å². The lowest BCUT2D eigenvalue weighted by atomic mass is 9.82. The first kappa shape index (κ1) is 21.0. The number of hydrogen-bond donors (Lipinski definition) is 0. The van der Waals surface area contributed by atoms with E-state index in [1.807, 2.05) is 13.0 Å². The van der Waals surface area contributed by atoms with Crippen LogP contribution in [0.3, 0.4) is 0 Å². The summed E-state index contributed by atoms with van der Waals surface area (Å²) in [6.45, 7) is 1.47. The number of carbonyl (C=O) groups is 4. The van der Waals surface area contributed by atoms with Crippen LogP contribution in [0.1, 0.15) is 40.5 Å². The standard InChI is InChI=1S/C24H21ClN2O4/c1-15-11-12-17-19(13-15)24(31)27(23(17)30)26(14-21(28)16-7-3-2-4-8-16)22(29)18-9-5-6-10-20(18)25/h2-11,17,19H,12-14H2,1H3/t17-,19-/m1/s1. The van der Waals surface area contributed by atoms with Gasteiger partial charge in [0.2, 0.25) is 0 Å². The summed E-state index contributed by atoms with van der Waals surface area (Å²) in [7, 11) is 0. The van der Waals surface area contributed by atoms with Crippen molar-refractivity contribution >= 4 is 35.1 Å². The number of nitrogens with zero attached hydrogens (tertiary/aromatic N) is 2. The molecule has 6 nitrogen and oxygen atoms in total. The summed E-state index contributed by atoms with van der Waals surface area (Å²) in [5.74, 6) is -3.01. The van der Waals surface area contributed by atoms with Gasteiger partial charge in [-0.05, 0) is 31.9 Å². The molecule has 0 unspecified atom stereocenters. The molecule has 1 aliphatic heterocycles. The monoisotopic (exact) mass is 436 g/mol. The molecular weight excluding hydrogens is 416 g/mol. The molecule has 0 saturated carbocycles. The molecule has 0 bridgehead atoms. The Morgan fingerprint density at radius 1 is 1.00 bits per heavy atom. The predicted molar refractivity (Wildman–Crippen MR) is 115 cm³/mol. The fourth-order valence-corrected chi connectivity index (χ4v) is 4.33. The van der Waals surface area contributed by atoms with Crippen LogP contribution in [0.2, 0.25) is 5.02 Å². The van der Waals surface area contributed by atoms with Gasteiger partial charge in [0.05, 0.1) is 22.4 Å². The molecule has 2 aromatic carbocycles. The maximum absolute atomic E-state index is 13.4. The maximum Gasteiger partial charge on any atom is 0.274 e. The molecule has 1 heterocycles. The highest BCUT2D eigenvalue weighted by Gasteiger charge is 2.51. The maximum atomic E-state index is 13.4. The number of hydrogen-bond acceptors (Lipinski definition) is 4. The highest BCUT2D eigenvalue weighted by Crippen LogP contribution is 2.38. The van der Waals surface area contributed by atoms with E-state index in [4.69, 9.17) is 11.6 Å². The van der Waals surface area contributed by atoms with E-state index in [0.29, 0.717) is 18.4 Å². The van der Waals surface area contributed by atoms with E-state index >= 15 is 0 Å². The van der Waals surface area contributed by atoms with E-state index < -0.39 is 36.1 Å². The number of halogens is 1. The third-order valence-corrected chi connectivity index (χ3v) is 6.10. The molecule has 0 aromatic heterocycles. The number of carbonyl (C=O) groups excluding carboxylic acids is 4. The molecule has 1 fully saturated rings. The van der Waals surface area contributed by atoms with Gasteiger partial charge in [0, 0.05) is 5.56 Å². The Labute approximate surface area is 185 Å². The Kier molecular flexibility index (Phi) is 5.74. The van der Waals surface area contributed by atoms with Gasteiger partial charge >= 0.3 is 0 Å². The van der Waals surface area contributed by atoms with E-state index in [1.54, 1.807) is 48.5 Å². The second-order valence-corrected chi connectivity index (χ2v) is 8.23. The molecule has 2 atom stereocenters.